The van der Waals surface area contributed by atoms with Crippen molar-refractivity contribution >= 4 is 18.1 Å². The van der Waals surface area contributed by atoms with Crippen LogP contribution in [0.15, 0.2) is 24.3 Å². The van der Waals surface area contributed by atoms with Crippen LogP contribution in [-0.4, -0.2) is 12.0 Å². The maximum atomic E-state index is 10.2. The van der Waals surface area contributed by atoms with Gasteiger partial charge in [-0.15, -0.1) is 12.4 Å². The Morgan fingerprint density at radius 2 is 1.83 bits per heavy atom. The van der Waals surface area contributed by atoms with Crippen molar-refractivity contribution in [2.75, 3.05) is 7.11 Å². The van der Waals surface area contributed by atoms with Crippen LogP contribution < -0.4 is 4.74 Å². The third kappa shape index (κ3) is 2.39. The molecule has 4 nitrogen and oxygen atoms in total. The quantitative estimate of drug-likeness (QED) is 0.528. The van der Waals surface area contributed by atoms with Crippen LogP contribution in [0, 0.1) is 10.1 Å². The van der Waals surface area contributed by atoms with Gasteiger partial charge in [0.1, 0.15) is 5.75 Å². The average Bonchev–Trinajstić information content (AvgIpc) is 2.05. The Hall–Kier alpha value is -1.29. The van der Waals surface area contributed by atoms with Crippen LogP contribution in [0.4, 0.5) is 5.69 Å². The molecule has 0 unspecified atom stereocenters. The molecule has 12 heavy (non-hydrogen) atoms. The Morgan fingerprint density at radius 3 is 2.17 bits per heavy atom. The number of non-ortho nitro benzene ring substituents is 1. The second kappa shape index (κ2) is 4.56. The summed E-state index contributed by atoms with van der Waals surface area (Å²) in [5.74, 6) is 0.621. The third-order valence-corrected chi connectivity index (χ3v) is 1.28. The summed E-state index contributed by atoms with van der Waals surface area (Å²) in [4.78, 5) is 9.72. The molecule has 0 N–H and O–H groups in total. The first-order valence-corrected chi connectivity index (χ1v) is 3.02. The highest BCUT2D eigenvalue weighted by Gasteiger charge is 2.02. The van der Waals surface area contributed by atoms with Crippen molar-refractivity contribution in [1.82, 2.24) is 0 Å². The summed E-state index contributed by atoms with van der Waals surface area (Å²) >= 11 is 0. The van der Waals surface area contributed by atoms with Gasteiger partial charge in [-0.25, -0.2) is 0 Å². The van der Waals surface area contributed by atoms with Crippen molar-refractivity contribution in [2.24, 2.45) is 0 Å². The van der Waals surface area contributed by atoms with Gasteiger partial charge < -0.3 is 4.74 Å². The lowest BCUT2D eigenvalue weighted by atomic mass is 10.3. The number of ether oxygens (including phenoxy) is 1. The normalized spacial score (nSPS) is 8.42. The van der Waals surface area contributed by atoms with E-state index in [1.54, 1.807) is 12.1 Å². The topological polar surface area (TPSA) is 52.4 Å². The van der Waals surface area contributed by atoms with Crippen molar-refractivity contribution in [3.8, 4) is 5.75 Å². The summed E-state index contributed by atoms with van der Waals surface area (Å²) in [6.07, 6.45) is 0. The Morgan fingerprint density at radius 1 is 1.33 bits per heavy atom. The molecule has 0 bridgehead atoms. The molecule has 0 aliphatic rings. The molecule has 0 spiro atoms. The summed E-state index contributed by atoms with van der Waals surface area (Å²) in [5, 5.41) is 10.2. The van der Waals surface area contributed by atoms with Crippen LogP contribution in [0.2, 0.25) is 0 Å². The van der Waals surface area contributed by atoms with Crippen LogP contribution in [-0.2, 0) is 0 Å². The lowest BCUT2D eigenvalue weighted by molar-refractivity contribution is -0.384. The molecule has 0 fully saturated rings. The van der Waals surface area contributed by atoms with E-state index in [-0.39, 0.29) is 18.1 Å². The fourth-order valence-corrected chi connectivity index (χ4v) is 0.704. The maximum absolute atomic E-state index is 10.2. The highest BCUT2D eigenvalue weighted by atomic mass is 35.5. The molecule has 1 aromatic rings. The van der Waals surface area contributed by atoms with Crippen LogP contribution in [0.5, 0.6) is 5.75 Å². The van der Waals surface area contributed by atoms with E-state index in [4.69, 9.17) is 4.74 Å². The molecule has 0 amide bonds. The van der Waals surface area contributed by atoms with Gasteiger partial charge in [-0.3, -0.25) is 10.1 Å². The van der Waals surface area contributed by atoms with Gasteiger partial charge >= 0.3 is 0 Å². The predicted molar refractivity (Wildman–Crippen MR) is 46.9 cm³/mol. The molecular formula is C7H8ClNO3. The van der Waals surface area contributed by atoms with E-state index < -0.39 is 4.92 Å². The Kier molecular flexibility index (Phi) is 4.07. The third-order valence-electron chi connectivity index (χ3n) is 1.28. The first-order chi connectivity index (χ1) is 5.24. The maximum Gasteiger partial charge on any atom is 0.269 e. The van der Waals surface area contributed by atoms with Crippen molar-refractivity contribution in [2.45, 2.75) is 0 Å². The smallest absolute Gasteiger partial charge is 0.269 e. The van der Waals surface area contributed by atoms with Crippen molar-refractivity contribution in [1.29, 1.82) is 0 Å². The number of nitro groups is 1. The minimum absolute atomic E-state index is 0. The molecule has 5 heteroatoms. The Labute approximate surface area is 75.7 Å². The molecule has 0 aromatic heterocycles. The number of nitrogens with zero attached hydrogens (tertiary/aromatic N) is 1. The lowest BCUT2D eigenvalue weighted by Gasteiger charge is -1.96. The number of hydrogen-bond donors (Lipinski definition) is 0. The predicted octanol–water partition coefficient (Wildman–Crippen LogP) is 2.03. The molecule has 1 aromatic carbocycles. The van der Waals surface area contributed by atoms with Gasteiger partial charge in [-0.1, -0.05) is 0 Å². The molecular weight excluding hydrogens is 182 g/mol. The van der Waals surface area contributed by atoms with E-state index in [1.807, 2.05) is 0 Å². The summed E-state index contributed by atoms with van der Waals surface area (Å²) < 4.78 is 4.83. The Bertz CT molecular complexity index is 260. The van der Waals surface area contributed by atoms with E-state index in [1.165, 1.54) is 19.2 Å². The molecule has 0 atom stereocenters. The fraction of sp³-hybridized carbons (Fsp3) is 0.143. The second-order valence-electron chi connectivity index (χ2n) is 1.96. The zero-order valence-corrected chi connectivity index (χ0v) is 7.21. The van der Waals surface area contributed by atoms with Gasteiger partial charge in [0.05, 0.1) is 12.0 Å². The standard InChI is InChI=1S/C7H7NO3.ClH/c1-11-7-4-2-6(3-5-7)8(9)10;/h2-5H,1H3;1H. The van der Waals surface area contributed by atoms with E-state index in [9.17, 15) is 10.1 Å². The SMILES string of the molecule is COc1ccc([N+](=O)[O-])cc1.Cl. The van der Waals surface area contributed by atoms with E-state index >= 15 is 0 Å². The van der Waals surface area contributed by atoms with Crippen molar-refractivity contribution in [3.63, 3.8) is 0 Å². The molecule has 1 rings (SSSR count). The largest absolute Gasteiger partial charge is 0.497 e. The molecule has 0 saturated carbocycles. The summed E-state index contributed by atoms with van der Waals surface area (Å²) in [5.41, 5.74) is 0.0748. The number of rotatable bonds is 2. The number of hydrogen-bond acceptors (Lipinski definition) is 3. The van der Waals surface area contributed by atoms with Crippen LogP contribution in [0.1, 0.15) is 0 Å². The summed E-state index contributed by atoms with van der Waals surface area (Å²) in [6.45, 7) is 0. The monoisotopic (exact) mass is 189 g/mol. The van der Waals surface area contributed by atoms with Gasteiger partial charge in [0.25, 0.3) is 5.69 Å². The highest BCUT2D eigenvalue weighted by molar-refractivity contribution is 5.85. The lowest BCUT2D eigenvalue weighted by Crippen LogP contribution is -1.87. The van der Waals surface area contributed by atoms with Crippen molar-refractivity contribution < 1.29 is 9.66 Å². The van der Waals surface area contributed by atoms with E-state index in [0.717, 1.165) is 0 Å². The summed E-state index contributed by atoms with van der Waals surface area (Å²) in [7, 11) is 1.52. The number of nitro benzene ring substituents is 1. The fourth-order valence-electron chi connectivity index (χ4n) is 0.704. The molecule has 0 heterocycles. The molecule has 0 aliphatic heterocycles. The molecule has 66 valence electrons. The minimum atomic E-state index is -0.445. The zero-order valence-electron chi connectivity index (χ0n) is 6.39. The zero-order chi connectivity index (χ0) is 8.27. The molecule has 0 aliphatic carbocycles. The van der Waals surface area contributed by atoms with Crippen LogP contribution in [0.25, 0.3) is 0 Å². The number of benzene rings is 1. The van der Waals surface area contributed by atoms with Gasteiger partial charge in [0, 0.05) is 12.1 Å². The van der Waals surface area contributed by atoms with Crippen LogP contribution in [0.3, 0.4) is 0 Å². The van der Waals surface area contributed by atoms with Gasteiger partial charge in [-0.2, -0.15) is 0 Å². The van der Waals surface area contributed by atoms with E-state index in [2.05, 4.69) is 0 Å². The molecule has 0 saturated heterocycles. The molecule has 0 radical (unpaired) electrons. The van der Waals surface area contributed by atoms with Crippen LogP contribution >= 0.6 is 12.4 Å². The number of methoxy groups -OCH3 is 1. The number of halogens is 1. The Balaban J connectivity index is 0.00000121. The van der Waals surface area contributed by atoms with Gasteiger partial charge in [0.2, 0.25) is 0 Å². The average molecular weight is 190 g/mol. The van der Waals surface area contributed by atoms with E-state index in [0.29, 0.717) is 5.75 Å². The first kappa shape index (κ1) is 10.7. The second-order valence-corrected chi connectivity index (χ2v) is 1.96. The highest BCUT2D eigenvalue weighted by Crippen LogP contribution is 2.16. The summed E-state index contributed by atoms with van der Waals surface area (Å²) in [6, 6.07) is 5.91. The van der Waals surface area contributed by atoms with Gasteiger partial charge in [0.15, 0.2) is 0 Å². The van der Waals surface area contributed by atoms with Gasteiger partial charge in [-0.05, 0) is 12.1 Å². The first-order valence-electron chi connectivity index (χ1n) is 3.02. The van der Waals surface area contributed by atoms with Crippen molar-refractivity contribution in [3.05, 3.63) is 34.4 Å². The minimum Gasteiger partial charge on any atom is -0.497 e.